The third-order valence-corrected chi connectivity index (χ3v) is 3.96. The topological polar surface area (TPSA) is 60.9 Å². The minimum atomic E-state index is -0.332. The first-order valence-corrected chi connectivity index (χ1v) is 7.45. The van der Waals surface area contributed by atoms with Crippen molar-refractivity contribution in [2.24, 2.45) is 5.92 Å². The van der Waals surface area contributed by atoms with Crippen LogP contribution >= 0.6 is 0 Å². The molecule has 112 valence electrons. The molecule has 0 radical (unpaired) electrons. The van der Waals surface area contributed by atoms with E-state index in [4.69, 9.17) is 0 Å². The Hall–Kier alpha value is -2.04. The van der Waals surface area contributed by atoms with Crippen molar-refractivity contribution >= 4 is 5.82 Å². The van der Waals surface area contributed by atoms with Gasteiger partial charge in [0.2, 0.25) is 0 Å². The molecule has 0 bridgehead atoms. The number of anilines is 1. The average molecular weight is 289 g/mol. The summed E-state index contributed by atoms with van der Waals surface area (Å²) in [5, 5.41) is 20.5. The van der Waals surface area contributed by atoms with Gasteiger partial charge in [-0.25, -0.2) is 4.39 Å². The van der Waals surface area contributed by atoms with Crippen LogP contribution < -0.4 is 5.32 Å². The molecule has 1 saturated carbocycles. The summed E-state index contributed by atoms with van der Waals surface area (Å²) in [6, 6.07) is 5.92. The molecule has 0 amide bonds. The van der Waals surface area contributed by atoms with Gasteiger partial charge in [0.1, 0.15) is 17.4 Å². The number of aryl methyl sites for hydroxylation is 1. The van der Waals surface area contributed by atoms with Crippen molar-refractivity contribution < 1.29 is 9.50 Å². The van der Waals surface area contributed by atoms with Crippen molar-refractivity contribution in [2.45, 2.75) is 38.6 Å². The number of hydrogen-bond donors (Lipinski definition) is 3. The third kappa shape index (κ3) is 3.35. The SMILES string of the molecule is CCc1cc(NC(CC2CC2)c2cc(F)ccc2O)n[nH]1. The van der Waals surface area contributed by atoms with Crippen LogP contribution in [0.25, 0.3) is 0 Å². The molecule has 1 aromatic carbocycles. The van der Waals surface area contributed by atoms with E-state index in [1.807, 2.05) is 6.07 Å². The highest BCUT2D eigenvalue weighted by atomic mass is 19.1. The molecule has 1 heterocycles. The van der Waals surface area contributed by atoms with Gasteiger partial charge in [-0.3, -0.25) is 5.10 Å². The quantitative estimate of drug-likeness (QED) is 0.758. The zero-order valence-electron chi connectivity index (χ0n) is 12.1. The van der Waals surface area contributed by atoms with Crippen molar-refractivity contribution in [1.82, 2.24) is 10.2 Å². The number of nitrogens with one attached hydrogen (secondary N) is 2. The van der Waals surface area contributed by atoms with E-state index in [9.17, 15) is 9.50 Å². The van der Waals surface area contributed by atoms with E-state index in [1.54, 1.807) is 0 Å². The fourth-order valence-corrected chi connectivity index (χ4v) is 2.55. The number of halogens is 1. The smallest absolute Gasteiger partial charge is 0.148 e. The molecular formula is C16H20FN3O. The fraction of sp³-hybridized carbons (Fsp3) is 0.438. The zero-order chi connectivity index (χ0) is 14.8. The Morgan fingerprint density at radius 1 is 1.43 bits per heavy atom. The number of phenolic OH excluding ortho intramolecular Hbond substituents is 1. The molecular weight excluding hydrogens is 269 g/mol. The van der Waals surface area contributed by atoms with Gasteiger partial charge in [-0.1, -0.05) is 19.8 Å². The second-order valence-corrected chi connectivity index (χ2v) is 5.71. The summed E-state index contributed by atoms with van der Waals surface area (Å²) >= 11 is 0. The minimum Gasteiger partial charge on any atom is -0.508 e. The second kappa shape index (κ2) is 5.76. The highest BCUT2D eigenvalue weighted by Crippen LogP contribution is 2.40. The number of aromatic nitrogens is 2. The molecule has 1 aliphatic rings. The van der Waals surface area contributed by atoms with Crippen LogP contribution in [0.1, 0.15) is 43.5 Å². The van der Waals surface area contributed by atoms with Gasteiger partial charge in [0, 0.05) is 17.3 Å². The lowest BCUT2D eigenvalue weighted by atomic mass is 10.00. The number of hydrogen-bond acceptors (Lipinski definition) is 3. The average Bonchev–Trinajstić information content (AvgIpc) is 3.17. The van der Waals surface area contributed by atoms with Crippen LogP contribution in [0.5, 0.6) is 5.75 Å². The van der Waals surface area contributed by atoms with Gasteiger partial charge in [-0.15, -0.1) is 0 Å². The molecule has 3 N–H and O–H groups in total. The number of benzene rings is 1. The van der Waals surface area contributed by atoms with Crippen LogP contribution in [0.2, 0.25) is 0 Å². The highest BCUT2D eigenvalue weighted by molar-refractivity contribution is 5.43. The first-order chi connectivity index (χ1) is 10.2. The molecule has 1 aromatic heterocycles. The first kappa shape index (κ1) is 13.9. The molecule has 2 aromatic rings. The zero-order valence-corrected chi connectivity index (χ0v) is 12.1. The molecule has 21 heavy (non-hydrogen) atoms. The summed E-state index contributed by atoms with van der Waals surface area (Å²) in [6.45, 7) is 2.05. The molecule has 4 nitrogen and oxygen atoms in total. The van der Waals surface area contributed by atoms with E-state index in [1.165, 1.54) is 31.0 Å². The maximum Gasteiger partial charge on any atom is 0.148 e. The fourth-order valence-electron chi connectivity index (χ4n) is 2.55. The van der Waals surface area contributed by atoms with Gasteiger partial charge >= 0.3 is 0 Å². The molecule has 1 unspecified atom stereocenters. The predicted molar refractivity (Wildman–Crippen MR) is 79.7 cm³/mol. The summed E-state index contributed by atoms with van der Waals surface area (Å²) in [4.78, 5) is 0. The summed E-state index contributed by atoms with van der Waals surface area (Å²) in [5.74, 6) is 1.18. The molecule has 5 heteroatoms. The van der Waals surface area contributed by atoms with Crippen molar-refractivity contribution in [3.63, 3.8) is 0 Å². The summed E-state index contributed by atoms with van der Waals surface area (Å²) in [6.07, 6.45) is 4.17. The van der Waals surface area contributed by atoms with Crippen molar-refractivity contribution in [1.29, 1.82) is 0 Å². The first-order valence-electron chi connectivity index (χ1n) is 7.45. The normalized spacial score (nSPS) is 15.9. The molecule has 0 aliphatic heterocycles. The van der Waals surface area contributed by atoms with Crippen LogP contribution in [-0.2, 0) is 6.42 Å². The second-order valence-electron chi connectivity index (χ2n) is 5.71. The van der Waals surface area contributed by atoms with Crippen LogP contribution in [0.3, 0.4) is 0 Å². The Morgan fingerprint density at radius 3 is 2.90 bits per heavy atom. The highest BCUT2D eigenvalue weighted by Gasteiger charge is 2.28. The van der Waals surface area contributed by atoms with E-state index in [-0.39, 0.29) is 17.6 Å². The summed E-state index contributed by atoms with van der Waals surface area (Å²) < 4.78 is 13.5. The van der Waals surface area contributed by atoms with E-state index in [0.29, 0.717) is 11.5 Å². The summed E-state index contributed by atoms with van der Waals surface area (Å²) in [7, 11) is 0. The lowest BCUT2D eigenvalue weighted by molar-refractivity contribution is 0.456. The Labute approximate surface area is 123 Å². The van der Waals surface area contributed by atoms with Gasteiger partial charge in [-0.05, 0) is 37.0 Å². The third-order valence-electron chi connectivity index (χ3n) is 3.96. The van der Waals surface area contributed by atoms with E-state index in [2.05, 4.69) is 22.4 Å². The lowest BCUT2D eigenvalue weighted by Gasteiger charge is -2.20. The van der Waals surface area contributed by atoms with Crippen molar-refractivity contribution in [3.05, 3.63) is 41.3 Å². The number of nitrogens with zero attached hydrogens (tertiary/aromatic N) is 1. The molecule has 0 saturated heterocycles. The maximum absolute atomic E-state index is 13.5. The van der Waals surface area contributed by atoms with E-state index >= 15 is 0 Å². The molecule has 1 fully saturated rings. The van der Waals surface area contributed by atoms with Gasteiger partial charge in [0.25, 0.3) is 0 Å². The molecule has 3 rings (SSSR count). The van der Waals surface area contributed by atoms with E-state index in [0.717, 1.165) is 24.4 Å². The molecule has 1 aliphatic carbocycles. The summed E-state index contributed by atoms with van der Waals surface area (Å²) in [5.41, 5.74) is 1.65. The number of aromatic amines is 1. The minimum absolute atomic E-state index is 0.124. The largest absolute Gasteiger partial charge is 0.508 e. The van der Waals surface area contributed by atoms with Gasteiger partial charge in [0.05, 0.1) is 6.04 Å². The van der Waals surface area contributed by atoms with Crippen molar-refractivity contribution in [2.75, 3.05) is 5.32 Å². The molecule has 0 spiro atoms. The van der Waals surface area contributed by atoms with Gasteiger partial charge in [0.15, 0.2) is 0 Å². The molecule has 1 atom stereocenters. The van der Waals surface area contributed by atoms with Crippen LogP contribution in [0.4, 0.5) is 10.2 Å². The predicted octanol–water partition coefficient (Wildman–Crippen LogP) is 3.77. The Balaban J connectivity index is 1.84. The number of H-pyrrole nitrogens is 1. The van der Waals surface area contributed by atoms with Crippen LogP contribution in [0, 0.1) is 11.7 Å². The van der Waals surface area contributed by atoms with Crippen LogP contribution in [0.15, 0.2) is 24.3 Å². The van der Waals surface area contributed by atoms with Crippen molar-refractivity contribution in [3.8, 4) is 5.75 Å². The Kier molecular flexibility index (Phi) is 3.82. The number of rotatable bonds is 6. The van der Waals surface area contributed by atoms with Crippen LogP contribution in [-0.4, -0.2) is 15.3 Å². The Morgan fingerprint density at radius 2 is 2.24 bits per heavy atom. The van der Waals surface area contributed by atoms with Gasteiger partial charge < -0.3 is 10.4 Å². The Bertz CT molecular complexity index is 622. The van der Waals surface area contributed by atoms with Gasteiger partial charge in [-0.2, -0.15) is 5.10 Å². The maximum atomic E-state index is 13.5. The standard InChI is InChI=1S/C16H20FN3O/c1-2-12-9-16(20-19-12)18-14(7-10-3-4-10)13-8-11(17)5-6-15(13)21/h5-6,8-10,14,21H,2-4,7H2,1H3,(H2,18,19,20). The number of phenols is 1. The monoisotopic (exact) mass is 289 g/mol. The van der Waals surface area contributed by atoms with E-state index < -0.39 is 0 Å². The number of aromatic hydroxyl groups is 1. The lowest BCUT2D eigenvalue weighted by Crippen LogP contribution is -2.12.